The van der Waals surface area contributed by atoms with Gasteiger partial charge < -0.3 is 4.90 Å². The van der Waals surface area contributed by atoms with Crippen LogP contribution >= 0.6 is 0 Å². The minimum Gasteiger partial charge on any atom is -0.318 e. The molecule has 0 bridgehead atoms. The van der Waals surface area contributed by atoms with E-state index in [0.717, 1.165) is 5.56 Å². The van der Waals surface area contributed by atoms with Gasteiger partial charge in [0.1, 0.15) is 6.02 Å². The maximum absolute atomic E-state index is 12.6. The molecule has 3 nitrogen and oxygen atoms in total. The third-order valence-corrected chi connectivity index (χ3v) is 3.52. The second kappa shape index (κ2) is 5.18. The lowest BCUT2D eigenvalue weighted by Gasteiger charge is -2.33. The molecule has 0 N–H and O–H groups in total. The highest BCUT2D eigenvalue weighted by molar-refractivity contribution is 5.94. The number of carbonyl (C=O) groups excluding carboxylic acids is 1. The molecule has 0 saturated heterocycles. The van der Waals surface area contributed by atoms with Crippen molar-refractivity contribution in [3.8, 4) is 6.07 Å². The number of hydrogen-bond donors (Lipinski definition) is 0. The SMILES string of the molecule is [2H]C1(C#N)c2ccccc2CCN1C(=O)c1ccccc1. The van der Waals surface area contributed by atoms with E-state index in [4.69, 9.17) is 1.37 Å². The van der Waals surface area contributed by atoms with Crippen molar-refractivity contribution in [2.24, 2.45) is 0 Å². The van der Waals surface area contributed by atoms with Crippen LogP contribution in [0.25, 0.3) is 0 Å². The van der Waals surface area contributed by atoms with Crippen molar-refractivity contribution >= 4 is 5.91 Å². The summed E-state index contributed by atoms with van der Waals surface area (Å²) in [4.78, 5) is 14.0. The standard InChI is InChI=1S/C17H14N2O/c18-12-16-15-9-5-4-6-13(15)10-11-19(16)17(20)14-7-2-1-3-8-14/h1-9,16H,10-11H2/i16D. The summed E-state index contributed by atoms with van der Waals surface area (Å²) in [6, 6.07) is 16.5. The second-order valence-electron chi connectivity index (χ2n) is 4.69. The van der Waals surface area contributed by atoms with E-state index in [-0.39, 0.29) is 5.91 Å². The first-order valence-corrected chi connectivity index (χ1v) is 6.53. The Hall–Kier alpha value is -2.60. The predicted octanol–water partition coefficient (Wildman–Crippen LogP) is 2.95. The Balaban J connectivity index is 2.05. The maximum Gasteiger partial charge on any atom is 0.255 e. The fraction of sp³-hybridized carbons (Fsp3) is 0.176. The molecule has 1 aliphatic rings. The van der Waals surface area contributed by atoms with Crippen molar-refractivity contribution in [1.82, 2.24) is 4.90 Å². The summed E-state index contributed by atoms with van der Waals surface area (Å²) in [5.74, 6) is -0.276. The Bertz CT molecular complexity index is 723. The van der Waals surface area contributed by atoms with Crippen molar-refractivity contribution in [2.45, 2.75) is 12.4 Å². The lowest BCUT2D eigenvalue weighted by Crippen LogP contribution is -2.39. The first-order chi connectivity index (χ1) is 10.2. The molecule has 0 saturated carbocycles. The summed E-state index contributed by atoms with van der Waals surface area (Å²) in [6.45, 7) is 0.377. The normalized spacial score (nSPS) is 21.6. The molecule has 0 aliphatic carbocycles. The number of rotatable bonds is 1. The number of carbonyl (C=O) groups is 1. The molecule has 1 aliphatic heterocycles. The highest BCUT2D eigenvalue weighted by Gasteiger charge is 2.30. The third-order valence-electron chi connectivity index (χ3n) is 3.52. The van der Waals surface area contributed by atoms with Gasteiger partial charge in [0.05, 0.1) is 7.44 Å². The molecule has 20 heavy (non-hydrogen) atoms. The van der Waals surface area contributed by atoms with Crippen LogP contribution in [0, 0.1) is 11.3 Å². The molecule has 1 atom stereocenters. The number of nitrogens with zero attached hydrogens (tertiary/aromatic N) is 2. The highest BCUT2D eigenvalue weighted by atomic mass is 16.2. The Labute approximate surface area is 119 Å². The largest absolute Gasteiger partial charge is 0.318 e. The van der Waals surface area contributed by atoms with Crippen molar-refractivity contribution in [2.75, 3.05) is 6.54 Å². The monoisotopic (exact) mass is 263 g/mol. The van der Waals surface area contributed by atoms with Gasteiger partial charge in [-0.1, -0.05) is 42.5 Å². The Morgan fingerprint density at radius 2 is 1.90 bits per heavy atom. The number of amides is 1. The van der Waals surface area contributed by atoms with E-state index in [9.17, 15) is 10.1 Å². The molecule has 0 aromatic heterocycles. The van der Waals surface area contributed by atoms with E-state index in [0.29, 0.717) is 24.1 Å². The molecule has 3 rings (SSSR count). The van der Waals surface area contributed by atoms with E-state index in [1.165, 1.54) is 4.90 Å². The zero-order valence-corrected chi connectivity index (χ0v) is 10.9. The average molecular weight is 263 g/mol. The van der Waals surface area contributed by atoms with Gasteiger partial charge in [0.15, 0.2) is 0 Å². The molecule has 1 unspecified atom stereocenters. The zero-order valence-electron chi connectivity index (χ0n) is 11.9. The number of fused-ring (bicyclic) bond motifs is 1. The lowest BCUT2D eigenvalue weighted by atomic mass is 9.93. The van der Waals surface area contributed by atoms with Gasteiger partial charge >= 0.3 is 0 Å². The summed E-state index contributed by atoms with van der Waals surface area (Å²) >= 11 is 0. The van der Waals surface area contributed by atoms with Gasteiger partial charge in [0.2, 0.25) is 0 Å². The fourth-order valence-corrected chi connectivity index (χ4v) is 2.52. The fourth-order valence-electron chi connectivity index (χ4n) is 2.52. The third kappa shape index (κ3) is 2.06. The van der Waals surface area contributed by atoms with Crippen LogP contribution in [0.15, 0.2) is 54.6 Å². The van der Waals surface area contributed by atoms with Crippen LogP contribution in [0.2, 0.25) is 0 Å². The van der Waals surface area contributed by atoms with Crippen LogP contribution in [0.5, 0.6) is 0 Å². The number of nitriles is 1. The number of benzene rings is 2. The molecule has 0 radical (unpaired) electrons. The molecule has 1 heterocycles. The summed E-state index contributed by atoms with van der Waals surface area (Å²) in [6.07, 6.45) is 0.664. The highest BCUT2D eigenvalue weighted by Crippen LogP contribution is 2.30. The first kappa shape index (κ1) is 11.2. The first-order valence-electron chi connectivity index (χ1n) is 7.03. The van der Waals surface area contributed by atoms with Crippen LogP contribution < -0.4 is 0 Å². The van der Waals surface area contributed by atoms with Crippen LogP contribution in [0.3, 0.4) is 0 Å². The van der Waals surface area contributed by atoms with Crippen LogP contribution in [0.1, 0.15) is 28.9 Å². The van der Waals surface area contributed by atoms with Crippen molar-refractivity contribution in [3.05, 3.63) is 71.3 Å². The maximum atomic E-state index is 12.6. The molecule has 2 aromatic rings. The van der Waals surface area contributed by atoms with Crippen molar-refractivity contribution in [1.29, 1.82) is 5.26 Å². The van der Waals surface area contributed by atoms with E-state index < -0.39 is 6.02 Å². The second-order valence-corrected chi connectivity index (χ2v) is 4.69. The summed E-state index contributed by atoms with van der Waals surface area (Å²) < 4.78 is 8.53. The van der Waals surface area contributed by atoms with Crippen LogP contribution in [-0.4, -0.2) is 17.4 Å². The molecule has 3 heteroatoms. The molecular weight excluding hydrogens is 248 g/mol. The summed E-state index contributed by atoms with van der Waals surface area (Å²) in [5.41, 5.74) is 2.07. The van der Waals surface area contributed by atoms with Crippen molar-refractivity contribution in [3.63, 3.8) is 0 Å². The van der Waals surface area contributed by atoms with Crippen LogP contribution in [-0.2, 0) is 6.42 Å². The molecule has 98 valence electrons. The summed E-state index contributed by atoms with van der Waals surface area (Å²) in [5, 5.41) is 9.53. The van der Waals surface area contributed by atoms with Gasteiger partial charge in [-0.15, -0.1) is 0 Å². The average Bonchev–Trinajstić information content (AvgIpc) is 2.55. The van der Waals surface area contributed by atoms with Gasteiger partial charge in [0.25, 0.3) is 5.91 Å². The zero-order chi connectivity index (χ0) is 14.9. The quantitative estimate of drug-likeness (QED) is 0.794. The topological polar surface area (TPSA) is 44.1 Å². The Morgan fingerprint density at radius 1 is 1.20 bits per heavy atom. The van der Waals surface area contributed by atoms with Crippen molar-refractivity contribution < 1.29 is 6.17 Å². The molecule has 1 amide bonds. The summed E-state index contributed by atoms with van der Waals surface area (Å²) in [7, 11) is 0. The van der Waals surface area contributed by atoms with Gasteiger partial charge in [-0.25, -0.2) is 0 Å². The smallest absolute Gasteiger partial charge is 0.255 e. The minimum atomic E-state index is -1.66. The van der Waals surface area contributed by atoms with E-state index in [1.807, 2.05) is 24.3 Å². The van der Waals surface area contributed by atoms with Gasteiger partial charge in [-0.3, -0.25) is 4.79 Å². The van der Waals surface area contributed by atoms with E-state index in [1.54, 1.807) is 36.4 Å². The predicted molar refractivity (Wildman–Crippen MR) is 76.0 cm³/mol. The van der Waals surface area contributed by atoms with E-state index in [2.05, 4.69) is 0 Å². The molecule has 2 aromatic carbocycles. The lowest BCUT2D eigenvalue weighted by molar-refractivity contribution is 0.0706. The minimum absolute atomic E-state index is 0.276. The van der Waals surface area contributed by atoms with E-state index >= 15 is 0 Å². The Kier molecular flexibility index (Phi) is 2.91. The van der Waals surface area contributed by atoms with Crippen LogP contribution in [0.4, 0.5) is 0 Å². The van der Waals surface area contributed by atoms with Gasteiger partial charge in [0, 0.05) is 12.1 Å². The number of hydrogen-bond acceptors (Lipinski definition) is 2. The van der Waals surface area contributed by atoms with Gasteiger partial charge in [-0.05, 0) is 29.7 Å². The Morgan fingerprint density at radius 3 is 2.65 bits per heavy atom. The molecule has 0 spiro atoms. The van der Waals surface area contributed by atoms with Gasteiger partial charge in [-0.2, -0.15) is 5.26 Å². The molecular formula is C17H14N2O. The molecule has 0 fully saturated rings.